The SMILES string of the molecule is CCOC(CC)(CC)C(NC)c1cc(Cl)ccc1Cl. The third-order valence-corrected chi connectivity index (χ3v) is 4.29. The van der Waals surface area contributed by atoms with Crippen molar-refractivity contribution < 1.29 is 4.74 Å². The molecule has 0 spiro atoms. The number of halogens is 2. The number of hydrogen-bond donors (Lipinski definition) is 1. The molecule has 1 aromatic rings. The molecule has 4 heteroatoms. The Kier molecular flexibility index (Phi) is 6.61. The lowest BCUT2D eigenvalue weighted by molar-refractivity contribution is -0.0717. The van der Waals surface area contributed by atoms with Crippen LogP contribution in [0.1, 0.15) is 45.2 Å². The van der Waals surface area contributed by atoms with Gasteiger partial charge in [-0.2, -0.15) is 0 Å². The van der Waals surface area contributed by atoms with Crippen molar-refractivity contribution in [2.24, 2.45) is 0 Å². The smallest absolute Gasteiger partial charge is 0.0871 e. The average Bonchev–Trinajstić information content (AvgIpc) is 2.42. The second-order valence-electron chi connectivity index (χ2n) is 4.59. The van der Waals surface area contributed by atoms with Crippen LogP contribution in [0.3, 0.4) is 0 Å². The number of nitrogens with one attached hydrogen (secondary N) is 1. The van der Waals surface area contributed by atoms with E-state index in [9.17, 15) is 0 Å². The van der Waals surface area contributed by atoms with Crippen LogP contribution in [0.15, 0.2) is 18.2 Å². The maximum absolute atomic E-state index is 6.34. The highest BCUT2D eigenvalue weighted by atomic mass is 35.5. The van der Waals surface area contributed by atoms with Gasteiger partial charge in [-0.1, -0.05) is 37.0 Å². The Morgan fingerprint density at radius 2 is 1.84 bits per heavy atom. The van der Waals surface area contributed by atoms with Gasteiger partial charge in [-0.05, 0) is 50.6 Å². The van der Waals surface area contributed by atoms with Gasteiger partial charge < -0.3 is 10.1 Å². The van der Waals surface area contributed by atoms with Gasteiger partial charge in [0.05, 0.1) is 11.6 Å². The Balaban J connectivity index is 3.26. The van der Waals surface area contributed by atoms with E-state index in [1.807, 2.05) is 26.1 Å². The van der Waals surface area contributed by atoms with Crippen molar-refractivity contribution in [1.29, 1.82) is 0 Å². The first-order chi connectivity index (χ1) is 9.04. The van der Waals surface area contributed by atoms with Crippen LogP contribution < -0.4 is 5.32 Å². The highest BCUT2D eigenvalue weighted by Crippen LogP contribution is 2.39. The Morgan fingerprint density at radius 1 is 1.21 bits per heavy atom. The summed E-state index contributed by atoms with van der Waals surface area (Å²) in [5.41, 5.74) is 0.728. The van der Waals surface area contributed by atoms with Crippen LogP contribution in [0.25, 0.3) is 0 Å². The fourth-order valence-electron chi connectivity index (χ4n) is 2.67. The highest BCUT2D eigenvalue weighted by molar-refractivity contribution is 6.33. The van der Waals surface area contributed by atoms with Crippen LogP contribution in [-0.2, 0) is 4.74 Å². The Hall–Kier alpha value is -0.280. The van der Waals surface area contributed by atoms with Gasteiger partial charge in [-0.15, -0.1) is 0 Å². The average molecular weight is 304 g/mol. The zero-order valence-electron chi connectivity index (χ0n) is 12.1. The van der Waals surface area contributed by atoms with E-state index < -0.39 is 0 Å². The number of ether oxygens (including phenoxy) is 1. The molecule has 0 amide bonds. The van der Waals surface area contributed by atoms with Gasteiger partial charge in [-0.25, -0.2) is 0 Å². The Morgan fingerprint density at radius 3 is 2.32 bits per heavy atom. The minimum atomic E-state index is -0.266. The molecule has 1 atom stereocenters. The van der Waals surface area contributed by atoms with Gasteiger partial charge in [-0.3, -0.25) is 0 Å². The molecule has 0 saturated carbocycles. The van der Waals surface area contributed by atoms with Crippen molar-refractivity contribution in [2.75, 3.05) is 13.7 Å². The van der Waals surface area contributed by atoms with Crippen LogP contribution in [0.5, 0.6) is 0 Å². The van der Waals surface area contributed by atoms with Gasteiger partial charge in [0, 0.05) is 16.7 Å². The van der Waals surface area contributed by atoms with Crippen molar-refractivity contribution in [2.45, 2.75) is 45.3 Å². The molecular weight excluding hydrogens is 281 g/mol. The Bertz CT molecular complexity index is 405. The van der Waals surface area contributed by atoms with Crippen molar-refractivity contribution >= 4 is 23.2 Å². The van der Waals surface area contributed by atoms with Crippen LogP contribution in [0, 0.1) is 0 Å². The van der Waals surface area contributed by atoms with Gasteiger partial charge in [0.15, 0.2) is 0 Å². The zero-order valence-corrected chi connectivity index (χ0v) is 13.6. The van der Waals surface area contributed by atoms with E-state index >= 15 is 0 Å². The second kappa shape index (κ2) is 7.49. The fourth-order valence-corrected chi connectivity index (χ4v) is 3.08. The van der Waals surface area contributed by atoms with Crippen LogP contribution in [-0.4, -0.2) is 19.3 Å². The van der Waals surface area contributed by atoms with Crippen molar-refractivity contribution in [1.82, 2.24) is 5.32 Å². The molecule has 1 aromatic carbocycles. The van der Waals surface area contributed by atoms with Crippen LogP contribution in [0.2, 0.25) is 10.0 Å². The highest BCUT2D eigenvalue weighted by Gasteiger charge is 2.37. The molecule has 108 valence electrons. The maximum Gasteiger partial charge on any atom is 0.0871 e. The molecule has 2 nitrogen and oxygen atoms in total. The summed E-state index contributed by atoms with van der Waals surface area (Å²) in [6.45, 7) is 6.98. The molecule has 1 unspecified atom stereocenters. The normalized spacial score (nSPS) is 13.6. The summed E-state index contributed by atoms with van der Waals surface area (Å²) < 4.78 is 6.07. The lowest BCUT2D eigenvalue weighted by atomic mass is 9.83. The van der Waals surface area contributed by atoms with E-state index in [0.29, 0.717) is 11.6 Å². The number of hydrogen-bond acceptors (Lipinski definition) is 2. The predicted octanol–water partition coefficient (Wildman–Crippen LogP) is 4.85. The standard InChI is InChI=1S/C15H23Cl2NO/c1-5-15(6-2,19-7-3)14(18-4)12-10-11(16)8-9-13(12)17/h8-10,14,18H,5-7H2,1-4H3. The molecule has 1 N–H and O–H groups in total. The molecule has 19 heavy (non-hydrogen) atoms. The summed E-state index contributed by atoms with van der Waals surface area (Å²) in [6.07, 6.45) is 1.82. The topological polar surface area (TPSA) is 21.3 Å². The lowest BCUT2D eigenvalue weighted by Crippen LogP contribution is -2.44. The third-order valence-electron chi connectivity index (χ3n) is 3.71. The molecule has 0 aliphatic rings. The maximum atomic E-state index is 6.34. The van der Waals surface area contributed by atoms with Crippen LogP contribution >= 0.6 is 23.2 Å². The predicted molar refractivity (Wildman–Crippen MR) is 83.2 cm³/mol. The third kappa shape index (κ3) is 3.63. The fraction of sp³-hybridized carbons (Fsp3) is 0.600. The Labute approximate surface area is 126 Å². The molecule has 0 aliphatic carbocycles. The van der Waals surface area contributed by atoms with E-state index in [0.717, 1.165) is 23.4 Å². The van der Waals surface area contributed by atoms with E-state index in [1.165, 1.54) is 0 Å². The number of likely N-dealkylation sites (N-methyl/N-ethyl adjacent to an activating group) is 1. The zero-order chi connectivity index (χ0) is 14.5. The lowest BCUT2D eigenvalue weighted by Gasteiger charge is -2.40. The molecule has 0 aromatic heterocycles. The number of benzene rings is 1. The van der Waals surface area contributed by atoms with Gasteiger partial charge in [0.25, 0.3) is 0 Å². The summed E-state index contributed by atoms with van der Waals surface area (Å²) in [4.78, 5) is 0. The van der Waals surface area contributed by atoms with Gasteiger partial charge in [0.2, 0.25) is 0 Å². The van der Waals surface area contributed by atoms with Gasteiger partial charge >= 0.3 is 0 Å². The first kappa shape index (κ1) is 16.8. The summed E-state index contributed by atoms with van der Waals surface area (Å²) in [5, 5.41) is 4.76. The minimum Gasteiger partial charge on any atom is -0.373 e. The molecule has 0 fully saturated rings. The van der Waals surface area contributed by atoms with E-state index in [4.69, 9.17) is 27.9 Å². The molecule has 0 heterocycles. The first-order valence-corrected chi connectivity index (χ1v) is 7.56. The van der Waals surface area contributed by atoms with Crippen molar-refractivity contribution in [3.63, 3.8) is 0 Å². The van der Waals surface area contributed by atoms with Gasteiger partial charge in [0.1, 0.15) is 0 Å². The number of rotatable bonds is 7. The molecule has 0 bridgehead atoms. The minimum absolute atomic E-state index is 0.0219. The van der Waals surface area contributed by atoms with Crippen LogP contribution in [0.4, 0.5) is 0 Å². The molecule has 1 rings (SSSR count). The largest absolute Gasteiger partial charge is 0.373 e. The summed E-state index contributed by atoms with van der Waals surface area (Å²) >= 11 is 12.4. The quantitative estimate of drug-likeness (QED) is 0.777. The van der Waals surface area contributed by atoms with E-state index in [2.05, 4.69) is 19.2 Å². The van der Waals surface area contributed by atoms with Crippen molar-refractivity contribution in [3.05, 3.63) is 33.8 Å². The second-order valence-corrected chi connectivity index (χ2v) is 5.44. The summed E-state index contributed by atoms with van der Waals surface area (Å²) in [5.74, 6) is 0. The molecule has 0 radical (unpaired) electrons. The first-order valence-electron chi connectivity index (χ1n) is 6.80. The summed E-state index contributed by atoms with van der Waals surface area (Å²) in [7, 11) is 1.93. The monoisotopic (exact) mass is 303 g/mol. The molecule has 0 saturated heterocycles. The van der Waals surface area contributed by atoms with Crippen molar-refractivity contribution in [3.8, 4) is 0 Å². The van der Waals surface area contributed by atoms with E-state index in [-0.39, 0.29) is 11.6 Å². The molecule has 0 aliphatic heterocycles. The summed E-state index contributed by atoms with van der Waals surface area (Å²) in [6, 6.07) is 5.59. The molecular formula is C15H23Cl2NO. The van der Waals surface area contributed by atoms with E-state index in [1.54, 1.807) is 6.07 Å².